The third-order valence-electron chi connectivity index (χ3n) is 4.96. The van der Waals surface area contributed by atoms with Gasteiger partial charge in [-0.1, -0.05) is 36.4 Å². The Morgan fingerprint density at radius 1 is 1.11 bits per heavy atom. The van der Waals surface area contributed by atoms with E-state index in [1.807, 2.05) is 60.0 Å². The van der Waals surface area contributed by atoms with Crippen LogP contribution >= 0.6 is 11.3 Å². The van der Waals surface area contributed by atoms with Crippen LogP contribution in [0.15, 0.2) is 60.0 Å². The lowest BCUT2D eigenvalue weighted by atomic mass is 10.1. The second-order valence-corrected chi connectivity index (χ2v) is 10.2. The number of carbonyl (C=O) groups is 1. The fourth-order valence-electron chi connectivity index (χ4n) is 3.50. The Morgan fingerprint density at radius 2 is 1.93 bits per heavy atom. The quantitative estimate of drug-likeness (QED) is 0.618. The summed E-state index contributed by atoms with van der Waals surface area (Å²) in [5.74, 6) is 0.600. The molecule has 0 bridgehead atoms. The standard InChI is InChI=1S/C21H21NO4S2/c23-21(14-26-19-8-7-16-4-1-2-5-17(16)12-19)22(13-20-6-3-10-27-20)18-9-11-28(24,25)15-18/h1-8,10,12,18H,9,11,13-15H2/t18-/m1/s1. The second-order valence-electron chi connectivity index (χ2n) is 6.96. The van der Waals surface area contributed by atoms with Gasteiger partial charge in [0, 0.05) is 10.9 Å². The van der Waals surface area contributed by atoms with E-state index in [1.54, 1.807) is 16.2 Å². The average molecular weight is 416 g/mol. The fourth-order valence-corrected chi connectivity index (χ4v) is 5.93. The number of thiophene rings is 1. The van der Waals surface area contributed by atoms with Crippen molar-refractivity contribution in [2.45, 2.75) is 19.0 Å². The Kier molecular flexibility index (Phi) is 5.37. The van der Waals surface area contributed by atoms with Crippen LogP contribution in [-0.4, -0.2) is 43.4 Å². The maximum atomic E-state index is 12.9. The van der Waals surface area contributed by atoms with Gasteiger partial charge in [0.05, 0.1) is 18.1 Å². The minimum atomic E-state index is -3.08. The van der Waals surface area contributed by atoms with E-state index in [1.165, 1.54) is 0 Å². The highest BCUT2D eigenvalue weighted by Gasteiger charge is 2.34. The van der Waals surface area contributed by atoms with Crippen LogP contribution in [0.1, 0.15) is 11.3 Å². The third kappa shape index (κ3) is 4.36. The predicted octanol–water partition coefficient (Wildman–Crippen LogP) is 3.50. The van der Waals surface area contributed by atoms with Crippen molar-refractivity contribution >= 4 is 37.9 Å². The van der Waals surface area contributed by atoms with E-state index < -0.39 is 9.84 Å². The molecule has 5 nitrogen and oxygen atoms in total. The van der Waals surface area contributed by atoms with Gasteiger partial charge >= 0.3 is 0 Å². The third-order valence-corrected chi connectivity index (χ3v) is 7.57. The molecule has 2 aromatic carbocycles. The van der Waals surface area contributed by atoms with Crippen molar-refractivity contribution in [3.05, 3.63) is 64.9 Å². The van der Waals surface area contributed by atoms with E-state index in [4.69, 9.17) is 4.74 Å². The van der Waals surface area contributed by atoms with Gasteiger partial charge in [-0.3, -0.25) is 4.79 Å². The first-order chi connectivity index (χ1) is 13.5. The van der Waals surface area contributed by atoms with Gasteiger partial charge in [-0.2, -0.15) is 0 Å². The molecule has 146 valence electrons. The Bertz CT molecular complexity index is 1080. The highest BCUT2D eigenvalue weighted by atomic mass is 32.2. The molecule has 0 aliphatic carbocycles. The molecule has 7 heteroatoms. The lowest BCUT2D eigenvalue weighted by Crippen LogP contribution is -2.42. The minimum Gasteiger partial charge on any atom is -0.484 e. The molecule has 1 aliphatic rings. The highest BCUT2D eigenvalue weighted by Crippen LogP contribution is 2.23. The molecule has 0 saturated carbocycles. The van der Waals surface area contributed by atoms with Crippen LogP contribution < -0.4 is 4.74 Å². The van der Waals surface area contributed by atoms with Gasteiger partial charge in [-0.15, -0.1) is 11.3 Å². The van der Waals surface area contributed by atoms with E-state index in [0.29, 0.717) is 18.7 Å². The number of fused-ring (bicyclic) bond motifs is 1. The first-order valence-electron chi connectivity index (χ1n) is 9.14. The minimum absolute atomic E-state index is 0.0279. The molecule has 1 saturated heterocycles. The molecular weight excluding hydrogens is 394 g/mol. The van der Waals surface area contributed by atoms with Crippen LogP contribution in [0.4, 0.5) is 0 Å². The molecule has 28 heavy (non-hydrogen) atoms. The van der Waals surface area contributed by atoms with E-state index in [-0.39, 0.29) is 30.1 Å². The largest absolute Gasteiger partial charge is 0.484 e. The zero-order valence-corrected chi connectivity index (χ0v) is 16.9. The maximum absolute atomic E-state index is 12.9. The second kappa shape index (κ2) is 7.93. The molecule has 1 amide bonds. The van der Waals surface area contributed by atoms with Crippen molar-refractivity contribution in [3.63, 3.8) is 0 Å². The molecule has 0 spiro atoms. The summed E-state index contributed by atoms with van der Waals surface area (Å²) in [5, 5.41) is 4.11. The summed E-state index contributed by atoms with van der Waals surface area (Å²) in [4.78, 5) is 15.6. The van der Waals surface area contributed by atoms with Crippen molar-refractivity contribution in [1.82, 2.24) is 4.90 Å². The SMILES string of the molecule is O=C(COc1ccc2ccccc2c1)N(Cc1cccs1)[C@@H]1CCS(=O)(=O)C1. The molecule has 1 atom stereocenters. The lowest BCUT2D eigenvalue weighted by Gasteiger charge is -2.28. The van der Waals surface area contributed by atoms with Crippen LogP contribution in [0, 0.1) is 0 Å². The van der Waals surface area contributed by atoms with Gasteiger partial charge in [0.2, 0.25) is 0 Å². The van der Waals surface area contributed by atoms with E-state index in [9.17, 15) is 13.2 Å². The predicted molar refractivity (Wildman–Crippen MR) is 111 cm³/mol. The van der Waals surface area contributed by atoms with Crippen molar-refractivity contribution in [2.75, 3.05) is 18.1 Å². The van der Waals surface area contributed by atoms with Gasteiger partial charge < -0.3 is 9.64 Å². The van der Waals surface area contributed by atoms with E-state index >= 15 is 0 Å². The number of hydrogen-bond donors (Lipinski definition) is 0. The van der Waals surface area contributed by atoms with E-state index in [0.717, 1.165) is 15.6 Å². The molecule has 2 heterocycles. The Hall–Kier alpha value is -2.38. The number of ether oxygens (including phenoxy) is 1. The highest BCUT2D eigenvalue weighted by molar-refractivity contribution is 7.91. The molecule has 0 unspecified atom stereocenters. The van der Waals surface area contributed by atoms with E-state index in [2.05, 4.69) is 0 Å². The Morgan fingerprint density at radius 3 is 2.64 bits per heavy atom. The van der Waals surface area contributed by atoms with Crippen LogP contribution in [0.2, 0.25) is 0 Å². The van der Waals surface area contributed by atoms with Crippen molar-refractivity contribution < 1.29 is 17.9 Å². The van der Waals surface area contributed by atoms with Crippen LogP contribution in [0.3, 0.4) is 0 Å². The molecule has 1 aromatic heterocycles. The monoisotopic (exact) mass is 415 g/mol. The smallest absolute Gasteiger partial charge is 0.261 e. The molecule has 4 rings (SSSR count). The summed E-state index contributed by atoms with van der Waals surface area (Å²) in [6.07, 6.45) is 0.482. The zero-order chi connectivity index (χ0) is 19.6. The summed E-state index contributed by atoms with van der Waals surface area (Å²) in [5.41, 5.74) is 0. The average Bonchev–Trinajstić information content (AvgIpc) is 3.33. The molecular formula is C21H21NO4S2. The van der Waals surface area contributed by atoms with Crippen LogP contribution in [0.5, 0.6) is 5.75 Å². The van der Waals surface area contributed by atoms with Gasteiger partial charge in [-0.25, -0.2) is 8.42 Å². The van der Waals surface area contributed by atoms with Gasteiger partial charge in [-0.05, 0) is 40.8 Å². The summed E-state index contributed by atoms with van der Waals surface area (Å²) < 4.78 is 29.6. The molecule has 0 N–H and O–H groups in total. The summed E-state index contributed by atoms with van der Waals surface area (Å²) in [6.45, 7) is 0.304. The number of hydrogen-bond acceptors (Lipinski definition) is 5. The Balaban J connectivity index is 1.48. The lowest BCUT2D eigenvalue weighted by molar-refractivity contribution is -0.135. The number of amides is 1. The van der Waals surface area contributed by atoms with Crippen molar-refractivity contribution in [2.24, 2.45) is 0 Å². The fraction of sp³-hybridized carbons (Fsp3) is 0.286. The van der Waals surface area contributed by atoms with Crippen molar-refractivity contribution in [1.29, 1.82) is 0 Å². The summed E-state index contributed by atoms with van der Waals surface area (Å²) >= 11 is 1.56. The number of sulfone groups is 1. The van der Waals surface area contributed by atoms with Gasteiger partial charge in [0.25, 0.3) is 5.91 Å². The normalized spacial score (nSPS) is 18.2. The number of nitrogens with zero attached hydrogens (tertiary/aromatic N) is 1. The van der Waals surface area contributed by atoms with Gasteiger partial charge in [0.1, 0.15) is 5.75 Å². The molecule has 1 aliphatic heterocycles. The topological polar surface area (TPSA) is 63.7 Å². The zero-order valence-electron chi connectivity index (χ0n) is 15.3. The summed E-state index contributed by atoms with van der Waals surface area (Å²) in [6, 6.07) is 17.3. The van der Waals surface area contributed by atoms with Gasteiger partial charge in [0.15, 0.2) is 16.4 Å². The Labute approximate surface area is 168 Å². The first-order valence-corrected chi connectivity index (χ1v) is 11.8. The molecule has 1 fully saturated rings. The number of rotatable bonds is 6. The molecule has 3 aromatic rings. The first kappa shape index (κ1) is 19.0. The molecule has 0 radical (unpaired) electrons. The summed E-state index contributed by atoms with van der Waals surface area (Å²) in [7, 11) is -3.08. The van der Waals surface area contributed by atoms with Crippen molar-refractivity contribution in [3.8, 4) is 5.75 Å². The number of carbonyl (C=O) groups excluding carboxylic acids is 1. The van der Waals surface area contributed by atoms with Crippen LogP contribution in [-0.2, 0) is 21.2 Å². The number of benzene rings is 2. The van der Waals surface area contributed by atoms with Crippen LogP contribution in [0.25, 0.3) is 10.8 Å². The maximum Gasteiger partial charge on any atom is 0.261 e.